The van der Waals surface area contributed by atoms with Crippen molar-refractivity contribution in [2.75, 3.05) is 17.6 Å². The van der Waals surface area contributed by atoms with Gasteiger partial charge in [0, 0.05) is 39.6 Å². The third-order valence-corrected chi connectivity index (χ3v) is 5.65. The molecule has 2 aromatic heterocycles. The highest BCUT2D eigenvalue weighted by Gasteiger charge is 2.24. The Morgan fingerprint density at radius 1 is 1.12 bits per heavy atom. The number of carbonyl (C=O) groups is 2. The number of nitrogen functional groups attached to an aromatic ring is 1. The van der Waals surface area contributed by atoms with E-state index in [1.165, 1.54) is 6.07 Å². The van der Waals surface area contributed by atoms with Gasteiger partial charge in [0.25, 0.3) is 5.91 Å². The van der Waals surface area contributed by atoms with Crippen LogP contribution in [0.15, 0.2) is 61.2 Å². The van der Waals surface area contributed by atoms with Crippen molar-refractivity contribution < 1.29 is 21.2 Å². The summed E-state index contributed by atoms with van der Waals surface area (Å²) in [6, 6.07) is 9.78. The molecule has 0 spiro atoms. The number of imidazole rings is 1. The Bertz CT molecular complexity index is 1280. The first kappa shape index (κ1) is 22.1. The van der Waals surface area contributed by atoms with E-state index in [1.54, 1.807) is 36.8 Å². The number of hydrogen-bond acceptors (Lipinski definition) is 7. The lowest BCUT2D eigenvalue weighted by Crippen LogP contribution is -2.26. The third kappa shape index (κ3) is 5.04. The van der Waals surface area contributed by atoms with Gasteiger partial charge < -0.3 is 20.9 Å². The molecule has 172 valence electrons. The van der Waals surface area contributed by atoms with Gasteiger partial charge in [0.1, 0.15) is 22.3 Å². The standard InChI is InChI=1S/C22H18F2N6O2S.2H2/c23-15-2-1-3-16(24)17(15)18(31)19-20(25)29-22(33-19)28-14-6-4-13(5-7-14)21(32)27-9-11-30-10-8-26-12-30;;/h1-8,10,12H,9,11,25H2,(H,27,32)(H,28,29);2*1H. The second-order valence-corrected chi connectivity index (χ2v) is 7.92. The summed E-state index contributed by atoms with van der Waals surface area (Å²) in [5, 5.41) is 6.06. The maximum atomic E-state index is 14.0. The first-order valence-electron chi connectivity index (χ1n) is 9.78. The van der Waals surface area contributed by atoms with Crippen LogP contribution in [-0.4, -0.2) is 32.8 Å². The molecular weight excluding hydrogens is 450 g/mol. The van der Waals surface area contributed by atoms with Crippen LogP contribution in [-0.2, 0) is 6.54 Å². The van der Waals surface area contributed by atoms with Crippen LogP contribution in [0.4, 0.5) is 25.4 Å². The number of ketones is 1. The molecule has 2 heterocycles. The van der Waals surface area contributed by atoms with E-state index in [4.69, 9.17) is 5.73 Å². The number of nitrogens with zero attached hydrogens (tertiary/aromatic N) is 3. The molecule has 0 unspecified atom stereocenters. The fraction of sp³-hybridized carbons (Fsp3) is 0.0909. The summed E-state index contributed by atoms with van der Waals surface area (Å²) in [5.74, 6) is -3.18. The molecular formula is C22H22F2N6O2S. The van der Waals surface area contributed by atoms with Crippen molar-refractivity contribution in [3.05, 3.63) is 88.8 Å². The zero-order chi connectivity index (χ0) is 23.4. The molecule has 0 radical (unpaired) electrons. The number of nitrogens with one attached hydrogen (secondary N) is 2. The predicted octanol–water partition coefficient (Wildman–Crippen LogP) is 4.10. The predicted molar refractivity (Wildman–Crippen MR) is 125 cm³/mol. The molecule has 0 aliphatic carbocycles. The minimum Gasteiger partial charge on any atom is -0.382 e. The molecule has 4 rings (SSSR count). The normalized spacial score (nSPS) is 10.7. The van der Waals surface area contributed by atoms with Crippen molar-refractivity contribution in [3.8, 4) is 0 Å². The fourth-order valence-electron chi connectivity index (χ4n) is 3.02. The van der Waals surface area contributed by atoms with Gasteiger partial charge >= 0.3 is 0 Å². The number of carbonyl (C=O) groups excluding carboxylic acids is 2. The maximum absolute atomic E-state index is 14.0. The minimum atomic E-state index is -0.971. The summed E-state index contributed by atoms with van der Waals surface area (Å²) in [6.45, 7) is 1.06. The molecule has 0 fully saturated rings. The number of rotatable bonds is 8. The van der Waals surface area contributed by atoms with E-state index in [9.17, 15) is 18.4 Å². The van der Waals surface area contributed by atoms with Crippen molar-refractivity contribution in [3.63, 3.8) is 0 Å². The van der Waals surface area contributed by atoms with Gasteiger partial charge in [-0.15, -0.1) is 0 Å². The highest BCUT2D eigenvalue weighted by Crippen LogP contribution is 2.31. The summed E-state index contributed by atoms with van der Waals surface area (Å²) in [7, 11) is 0. The minimum absolute atomic E-state index is 0. The van der Waals surface area contributed by atoms with E-state index >= 15 is 0 Å². The van der Waals surface area contributed by atoms with Crippen LogP contribution in [0.5, 0.6) is 0 Å². The van der Waals surface area contributed by atoms with Gasteiger partial charge in [-0.05, 0) is 36.4 Å². The zero-order valence-electron chi connectivity index (χ0n) is 17.1. The van der Waals surface area contributed by atoms with Crippen molar-refractivity contribution >= 4 is 39.7 Å². The zero-order valence-corrected chi connectivity index (χ0v) is 17.9. The van der Waals surface area contributed by atoms with E-state index < -0.39 is 23.0 Å². The summed E-state index contributed by atoms with van der Waals surface area (Å²) < 4.78 is 29.8. The molecule has 33 heavy (non-hydrogen) atoms. The molecule has 0 bridgehead atoms. The van der Waals surface area contributed by atoms with Crippen LogP contribution in [0.2, 0.25) is 0 Å². The van der Waals surface area contributed by atoms with Crippen LogP contribution in [0, 0.1) is 11.6 Å². The molecule has 8 nitrogen and oxygen atoms in total. The van der Waals surface area contributed by atoms with E-state index in [1.807, 2.05) is 10.8 Å². The van der Waals surface area contributed by atoms with Crippen LogP contribution < -0.4 is 16.4 Å². The summed E-state index contributed by atoms with van der Waals surface area (Å²) in [6.07, 6.45) is 5.15. The average molecular weight is 473 g/mol. The summed E-state index contributed by atoms with van der Waals surface area (Å²) >= 11 is 0.878. The lowest BCUT2D eigenvalue weighted by atomic mass is 10.1. The Morgan fingerprint density at radius 3 is 2.52 bits per heavy atom. The first-order chi connectivity index (χ1) is 15.9. The largest absolute Gasteiger partial charge is 0.382 e. The van der Waals surface area contributed by atoms with Gasteiger partial charge in [-0.2, -0.15) is 0 Å². The van der Waals surface area contributed by atoms with Crippen molar-refractivity contribution in [1.29, 1.82) is 0 Å². The van der Waals surface area contributed by atoms with Gasteiger partial charge in [-0.25, -0.2) is 18.7 Å². The first-order valence-corrected chi connectivity index (χ1v) is 10.6. The number of anilines is 3. The average Bonchev–Trinajstić information content (AvgIpc) is 3.43. The Hall–Kier alpha value is -4.12. The summed E-state index contributed by atoms with van der Waals surface area (Å²) in [5.41, 5.74) is 6.20. The molecule has 0 saturated heterocycles. The number of benzene rings is 2. The number of aromatic nitrogens is 3. The van der Waals surface area contributed by atoms with E-state index in [0.29, 0.717) is 24.3 Å². The SMILES string of the molecule is Nc1nc(Nc2ccc(C(=O)NCCn3ccnc3)cc2)sc1C(=O)c1c(F)cccc1F.[HH].[HH]. The number of thiazole rings is 1. The Balaban J connectivity index is 0.00000216. The lowest BCUT2D eigenvalue weighted by molar-refractivity contribution is 0.0951. The second-order valence-electron chi connectivity index (χ2n) is 6.92. The number of amides is 1. The topological polar surface area (TPSA) is 115 Å². The van der Waals surface area contributed by atoms with E-state index in [2.05, 4.69) is 20.6 Å². The van der Waals surface area contributed by atoms with Crippen molar-refractivity contribution in [2.45, 2.75) is 6.54 Å². The van der Waals surface area contributed by atoms with Crippen LogP contribution in [0.1, 0.15) is 28.4 Å². The Labute approximate surface area is 194 Å². The molecule has 0 atom stereocenters. The molecule has 4 N–H and O–H groups in total. The van der Waals surface area contributed by atoms with Crippen LogP contribution in [0.25, 0.3) is 0 Å². The van der Waals surface area contributed by atoms with Crippen LogP contribution >= 0.6 is 11.3 Å². The molecule has 2 aromatic carbocycles. The Kier molecular flexibility index (Phi) is 6.41. The van der Waals surface area contributed by atoms with Crippen molar-refractivity contribution in [2.24, 2.45) is 0 Å². The van der Waals surface area contributed by atoms with E-state index in [-0.39, 0.29) is 24.6 Å². The molecule has 11 heteroatoms. The van der Waals surface area contributed by atoms with Gasteiger partial charge in [0.15, 0.2) is 5.13 Å². The third-order valence-electron chi connectivity index (χ3n) is 4.66. The molecule has 0 aliphatic heterocycles. The van der Waals surface area contributed by atoms with Gasteiger partial charge in [0.05, 0.1) is 11.9 Å². The van der Waals surface area contributed by atoms with Gasteiger partial charge in [-0.3, -0.25) is 9.59 Å². The molecule has 4 aromatic rings. The quantitative estimate of drug-likeness (QED) is 0.333. The lowest BCUT2D eigenvalue weighted by Gasteiger charge is -2.07. The smallest absolute Gasteiger partial charge is 0.251 e. The number of nitrogens with two attached hydrogens (primary N) is 1. The number of halogens is 2. The highest BCUT2D eigenvalue weighted by atomic mass is 32.1. The van der Waals surface area contributed by atoms with Crippen molar-refractivity contribution in [1.82, 2.24) is 19.9 Å². The maximum Gasteiger partial charge on any atom is 0.251 e. The van der Waals surface area contributed by atoms with Crippen LogP contribution in [0.3, 0.4) is 0 Å². The fourth-order valence-corrected chi connectivity index (χ4v) is 3.88. The van der Waals surface area contributed by atoms with E-state index in [0.717, 1.165) is 23.5 Å². The second kappa shape index (κ2) is 9.57. The Morgan fingerprint density at radius 2 is 1.85 bits per heavy atom. The number of hydrogen-bond donors (Lipinski definition) is 3. The van der Waals surface area contributed by atoms with Gasteiger partial charge in [-0.1, -0.05) is 17.4 Å². The molecule has 1 amide bonds. The highest BCUT2D eigenvalue weighted by molar-refractivity contribution is 7.18. The summed E-state index contributed by atoms with van der Waals surface area (Å²) in [4.78, 5) is 32.8. The molecule has 0 saturated carbocycles. The van der Waals surface area contributed by atoms with Gasteiger partial charge in [0.2, 0.25) is 5.78 Å². The molecule has 0 aliphatic rings. The monoisotopic (exact) mass is 472 g/mol.